The molecule has 10 heteroatoms. The Labute approximate surface area is 140 Å². The number of hydrogen-bond donors (Lipinski definition) is 0. The van der Waals surface area contributed by atoms with Crippen molar-refractivity contribution in [2.24, 2.45) is 7.05 Å². The van der Waals surface area contributed by atoms with Crippen molar-refractivity contribution in [1.29, 1.82) is 0 Å². The van der Waals surface area contributed by atoms with Crippen molar-refractivity contribution in [3.05, 3.63) is 42.2 Å². The number of halogens is 3. The van der Waals surface area contributed by atoms with Crippen LogP contribution in [0.1, 0.15) is 11.4 Å². The molecule has 130 valence electrons. The first-order valence-electron chi connectivity index (χ1n) is 7.07. The number of benzene rings is 1. The number of rotatable bonds is 4. The SMILES string of the molecule is COc1cc(-c2ncn(C=Cc3ncn(C)n3)n2)cc(C(F)(F)F)c1. The van der Waals surface area contributed by atoms with Crippen molar-refractivity contribution in [3.8, 4) is 17.1 Å². The van der Waals surface area contributed by atoms with Gasteiger partial charge in [0.15, 0.2) is 11.6 Å². The predicted molar refractivity (Wildman–Crippen MR) is 83.2 cm³/mol. The molecule has 25 heavy (non-hydrogen) atoms. The highest BCUT2D eigenvalue weighted by Crippen LogP contribution is 2.34. The third kappa shape index (κ3) is 3.84. The first-order chi connectivity index (χ1) is 11.8. The van der Waals surface area contributed by atoms with Gasteiger partial charge in [-0.05, 0) is 18.2 Å². The van der Waals surface area contributed by atoms with Crippen LogP contribution in [0.3, 0.4) is 0 Å². The summed E-state index contributed by atoms with van der Waals surface area (Å²) in [7, 11) is 3.03. The lowest BCUT2D eigenvalue weighted by molar-refractivity contribution is -0.137. The van der Waals surface area contributed by atoms with Crippen LogP contribution < -0.4 is 4.74 Å². The minimum absolute atomic E-state index is 0.0782. The molecule has 0 atom stereocenters. The van der Waals surface area contributed by atoms with Gasteiger partial charge in [0, 0.05) is 24.9 Å². The number of alkyl halides is 3. The molecule has 0 saturated heterocycles. The van der Waals surface area contributed by atoms with Gasteiger partial charge in [-0.25, -0.2) is 14.6 Å². The Kier molecular flexibility index (Phi) is 4.26. The van der Waals surface area contributed by atoms with Crippen molar-refractivity contribution >= 4 is 12.3 Å². The smallest absolute Gasteiger partial charge is 0.416 e. The van der Waals surface area contributed by atoms with E-state index < -0.39 is 11.7 Å². The molecule has 0 bridgehead atoms. The molecule has 0 N–H and O–H groups in total. The Morgan fingerprint density at radius 3 is 2.52 bits per heavy atom. The van der Waals surface area contributed by atoms with E-state index in [1.165, 1.54) is 24.2 Å². The second-order valence-corrected chi connectivity index (χ2v) is 5.09. The molecule has 0 aliphatic carbocycles. The minimum atomic E-state index is -4.49. The second-order valence-electron chi connectivity index (χ2n) is 5.09. The Balaban J connectivity index is 1.90. The fraction of sp³-hybridized carbons (Fsp3) is 0.200. The quantitative estimate of drug-likeness (QED) is 0.724. The van der Waals surface area contributed by atoms with Crippen molar-refractivity contribution in [1.82, 2.24) is 29.5 Å². The monoisotopic (exact) mass is 350 g/mol. The van der Waals surface area contributed by atoms with Crippen molar-refractivity contribution < 1.29 is 17.9 Å². The number of hydrogen-bond acceptors (Lipinski definition) is 5. The summed E-state index contributed by atoms with van der Waals surface area (Å²) < 4.78 is 46.8. The van der Waals surface area contributed by atoms with Crippen LogP contribution >= 0.6 is 0 Å². The average Bonchev–Trinajstić information content (AvgIpc) is 3.20. The molecule has 2 heterocycles. The summed E-state index contributed by atoms with van der Waals surface area (Å²) in [5.74, 6) is 0.692. The third-order valence-corrected chi connectivity index (χ3v) is 3.23. The Hall–Kier alpha value is -3.17. The summed E-state index contributed by atoms with van der Waals surface area (Å²) in [6.07, 6.45) is 1.58. The number of aromatic nitrogens is 6. The molecule has 0 fully saturated rings. The highest BCUT2D eigenvalue weighted by atomic mass is 19.4. The van der Waals surface area contributed by atoms with E-state index in [2.05, 4.69) is 20.2 Å². The van der Waals surface area contributed by atoms with Crippen LogP contribution in [-0.2, 0) is 13.2 Å². The largest absolute Gasteiger partial charge is 0.497 e. The van der Waals surface area contributed by atoms with Gasteiger partial charge < -0.3 is 4.74 Å². The van der Waals surface area contributed by atoms with Crippen LogP contribution in [0.25, 0.3) is 23.7 Å². The van der Waals surface area contributed by atoms with Crippen LogP contribution in [0.2, 0.25) is 0 Å². The maximum Gasteiger partial charge on any atom is 0.416 e. The third-order valence-electron chi connectivity index (χ3n) is 3.23. The summed E-state index contributed by atoms with van der Waals surface area (Å²) in [5, 5.41) is 8.20. The van der Waals surface area contributed by atoms with Gasteiger partial charge in [0.2, 0.25) is 0 Å². The van der Waals surface area contributed by atoms with E-state index >= 15 is 0 Å². The molecule has 3 aromatic rings. The fourth-order valence-electron chi connectivity index (χ4n) is 2.06. The minimum Gasteiger partial charge on any atom is -0.497 e. The van der Waals surface area contributed by atoms with Crippen molar-refractivity contribution in [3.63, 3.8) is 0 Å². The molecule has 2 aromatic heterocycles. The van der Waals surface area contributed by atoms with Crippen molar-refractivity contribution in [2.45, 2.75) is 6.18 Å². The molecule has 0 radical (unpaired) electrons. The van der Waals surface area contributed by atoms with Crippen LogP contribution in [0.5, 0.6) is 5.75 Å². The summed E-state index contributed by atoms with van der Waals surface area (Å²) in [5.41, 5.74) is -0.624. The molecule has 1 aromatic carbocycles. The highest BCUT2D eigenvalue weighted by molar-refractivity contribution is 5.60. The lowest BCUT2D eigenvalue weighted by Gasteiger charge is -2.10. The van der Waals surface area contributed by atoms with Gasteiger partial charge in [-0.15, -0.1) is 5.10 Å². The highest BCUT2D eigenvalue weighted by Gasteiger charge is 2.31. The zero-order chi connectivity index (χ0) is 18.0. The van der Waals surface area contributed by atoms with E-state index in [0.29, 0.717) is 5.82 Å². The summed E-state index contributed by atoms with van der Waals surface area (Å²) in [6, 6.07) is 3.35. The van der Waals surface area contributed by atoms with E-state index in [1.54, 1.807) is 30.3 Å². The van der Waals surface area contributed by atoms with Gasteiger partial charge in [-0.3, -0.25) is 4.68 Å². The standard InChI is InChI=1S/C15H13F3N6O/c1-23-8-19-13(21-23)3-4-24-9-20-14(22-24)10-5-11(15(16,17)18)7-12(6-10)25-2/h3-9H,1-2H3. The van der Waals surface area contributed by atoms with Crippen molar-refractivity contribution in [2.75, 3.05) is 7.11 Å². The molecule has 0 saturated carbocycles. The molecule has 0 unspecified atom stereocenters. The van der Waals surface area contributed by atoms with Gasteiger partial charge in [0.1, 0.15) is 18.4 Å². The molecule has 0 aliphatic rings. The number of aryl methyl sites for hydroxylation is 1. The van der Waals surface area contributed by atoms with Gasteiger partial charge in [-0.1, -0.05) is 0 Å². The number of methoxy groups -OCH3 is 1. The lowest BCUT2D eigenvalue weighted by Crippen LogP contribution is -2.05. The zero-order valence-electron chi connectivity index (χ0n) is 13.3. The van der Waals surface area contributed by atoms with E-state index in [0.717, 1.165) is 12.1 Å². The van der Waals surface area contributed by atoms with Crippen LogP contribution in [0.15, 0.2) is 30.9 Å². The van der Waals surface area contributed by atoms with E-state index in [4.69, 9.17) is 4.74 Å². The van der Waals surface area contributed by atoms with Gasteiger partial charge in [0.25, 0.3) is 0 Å². The number of ether oxygens (including phenoxy) is 1. The Bertz CT molecular complexity index is 912. The average molecular weight is 350 g/mol. The van der Waals surface area contributed by atoms with E-state index in [1.807, 2.05) is 0 Å². The fourth-order valence-corrected chi connectivity index (χ4v) is 2.06. The maximum absolute atomic E-state index is 13.0. The molecule has 7 nitrogen and oxygen atoms in total. The number of nitrogens with zero attached hydrogens (tertiary/aromatic N) is 6. The Morgan fingerprint density at radius 1 is 1.08 bits per heavy atom. The molecule has 0 aliphatic heterocycles. The summed E-state index contributed by atoms with van der Waals surface area (Å²) >= 11 is 0. The normalized spacial score (nSPS) is 12.0. The first kappa shape index (κ1) is 16.7. The van der Waals surface area contributed by atoms with Gasteiger partial charge in [0.05, 0.1) is 12.7 Å². The van der Waals surface area contributed by atoms with Gasteiger partial charge in [-0.2, -0.15) is 18.3 Å². The molecular formula is C15H13F3N6O. The summed E-state index contributed by atoms with van der Waals surface area (Å²) in [4.78, 5) is 8.05. The van der Waals surface area contributed by atoms with Crippen LogP contribution in [-0.4, -0.2) is 36.6 Å². The van der Waals surface area contributed by atoms with Crippen LogP contribution in [0, 0.1) is 0 Å². The zero-order valence-corrected chi connectivity index (χ0v) is 13.3. The van der Waals surface area contributed by atoms with Gasteiger partial charge >= 0.3 is 6.18 Å². The second kappa shape index (κ2) is 6.38. The Morgan fingerprint density at radius 2 is 1.88 bits per heavy atom. The summed E-state index contributed by atoms with van der Waals surface area (Å²) in [6.45, 7) is 0. The molecule has 3 rings (SSSR count). The lowest BCUT2D eigenvalue weighted by atomic mass is 10.1. The van der Waals surface area contributed by atoms with Crippen LogP contribution in [0.4, 0.5) is 13.2 Å². The molecule has 0 spiro atoms. The topological polar surface area (TPSA) is 70.7 Å². The van der Waals surface area contributed by atoms with E-state index in [9.17, 15) is 13.2 Å². The predicted octanol–water partition coefficient (Wildman–Crippen LogP) is 2.73. The molecule has 0 amide bonds. The first-order valence-corrected chi connectivity index (χ1v) is 7.07. The molecular weight excluding hydrogens is 337 g/mol. The van der Waals surface area contributed by atoms with E-state index in [-0.39, 0.29) is 17.1 Å². The maximum atomic E-state index is 13.0.